The van der Waals surface area contributed by atoms with Crippen LogP contribution in [-0.4, -0.2) is 49.1 Å². The Bertz CT molecular complexity index is 109. The molecule has 0 bridgehead atoms. The summed E-state index contributed by atoms with van der Waals surface area (Å²) >= 11 is 0. The van der Waals surface area contributed by atoms with Gasteiger partial charge in [0, 0.05) is 13.1 Å². The van der Waals surface area contributed by atoms with E-state index in [2.05, 4.69) is 37.5 Å². The van der Waals surface area contributed by atoms with E-state index in [0.717, 1.165) is 0 Å². The number of hydrogen-bond acceptors (Lipinski definition) is 2. The molecule has 98 valence electrons. The highest BCUT2D eigenvalue weighted by Gasteiger charge is 2.06. The van der Waals surface area contributed by atoms with Crippen LogP contribution in [-0.2, 0) is 0 Å². The fourth-order valence-electron chi connectivity index (χ4n) is 2.22. The summed E-state index contributed by atoms with van der Waals surface area (Å²) in [5.41, 5.74) is 0. The molecule has 0 atom stereocenters. The van der Waals surface area contributed by atoms with E-state index >= 15 is 0 Å². The minimum Gasteiger partial charge on any atom is -0.302 e. The molecule has 0 aliphatic heterocycles. The molecule has 0 aromatic heterocycles. The molecule has 16 heavy (non-hydrogen) atoms. The topological polar surface area (TPSA) is 6.48 Å². The normalized spacial score (nSPS) is 11.6. The number of nitrogens with zero attached hydrogens (tertiary/aromatic N) is 2. The Balaban J connectivity index is 3.83. The van der Waals surface area contributed by atoms with E-state index in [1.54, 1.807) is 0 Å². The summed E-state index contributed by atoms with van der Waals surface area (Å²) in [6.45, 7) is 16.7. The van der Waals surface area contributed by atoms with Gasteiger partial charge in [0.1, 0.15) is 0 Å². The highest BCUT2D eigenvalue weighted by Crippen LogP contribution is 1.98. The third kappa shape index (κ3) is 8.12. The second kappa shape index (κ2) is 11.4. The van der Waals surface area contributed by atoms with Gasteiger partial charge in [0.25, 0.3) is 0 Å². The molecular weight excluding hydrogens is 196 g/mol. The predicted molar refractivity (Wildman–Crippen MR) is 74.0 cm³/mol. The molecule has 2 heteroatoms. The molecule has 0 unspecified atom stereocenters. The lowest BCUT2D eigenvalue weighted by Crippen LogP contribution is -2.36. The molecule has 0 N–H and O–H groups in total. The maximum Gasteiger partial charge on any atom is 0.0109 e. The summed E-state index contributed by atoms with van der Waals surface area (Å²) in [4.78, 5) is 5.22. The summed E-state index contributed by atoms with van der Waals surface area (Å²) in [7, 11) is 0. The van der Waals surface area contributed by atoms with Gasteiger partial charge in [-0.2, -0.15) is 0 Å². The van der Waals surface area contributed by atoms with Gasteiger partial charge in [-0.05, 0) is 51.9 Å². The fraction of sp³-hybridized carbons (Fsp3) is 1.00. The average Bonchev–Trinajstić information content (AvgIpc) is 2.27. The monoisotopic (exact) mass is 228 g/mol. The molecule has 0 heterocycles. The summed E-state index contributed by atoms with van der Waals surface area (Å²) in [6.07, 6.45) is 5.12. The molecule has 0 spiro atoms. The minimum absolute atomic E-state index is 1.25. The Morgan fingerprint density at radius 1 is 0.438 bits per heavy atom. The van der Waals surface area contributed by atoms with Crippen LogP contribution in [0.2, 0.25) is 0 Å². The van der Waals surface area contributed by atoms with Crippen LogP contribution in [0, 0.1) is 0 Å². The smallest absolute Gasteiger partial charge is 0.0109 e. The van der Waals surface area contributed by atoms with Crippen molar-refractivity contribution in [2.45, 2.75) is 53.4 Å². The highest BCUT2D eigenvalue weighted by molar-refractivity contribution is 4.62. The van der Waals surface area contributed by atoms with Crippen LogP contribution in [0.5, 0.6) is 0 Å². The van der Waals surface area contributed by atoms with Gasteiger partial charge in [-0.15, -0.1) is 0 Å². The minimum atomic E-state index is 1.25. The lowest BCUT2D eigenvalue weighted by Gasteiger charge is -2.26. The van der Waals surface area contributed by atoms with Crippen LogP contribution in [0.15, 0.2) is 0 Å². The first-order chi connectivity index (χ1) is 7.78. The van der Waals surface area contributed by atoms with Crippen LogP contribution >= 0.6 is 0 Å². The van der Waals surface area contributed by atoms with Crippen molar-refractivity contribution in [3.63, 3.8) is 0 Å². The van der Waals surface area contributed by atoms with Crippen molar-refractivity contribution < 1.29 is 0 Å². The quantitative estimate of drug-likeness (QED) is 0.536. The molecule has 0 saturated heterocycles. The van der Waals surface area contributed by atoms with E-state index in [1.807, 2.05) is 0 Å². The molecule has 0 radical (unpaired) electrons. The fourth-order valence-corrected chi connectivity index (χ4v) is 2.22. The first kappa shape index (κ1) is 15.9. The molecule has 0 aromatic carbocycles. The van der Waals surface area contributed by atoms with Crippen LogP contribution in [0.4, 0.5) is 0 Å². The van der Waals surface area contributed by atoms with Crippen LogP contribution < -0.4 is 0 Å². The van der Waals surface area contributed by atoms with E-state index in [0.29, 0.717) is 0 Å². The van der Waals surface area contributed by atoms with Crippen molar-refractivity contribution in [3.05, 3.63) is 0 Å². The maximum absolute atomic E-state index is 2.61. The zero-order valence-corrected chi connectivity index (χ0v) is 12.0. The van der Waals surface area contributed by atoms with E-state index in [-0.39, 0.29) is 0 Å². The zero-order chi connectivity index (χ0) is 12.2. The number of rotatable bonds is 11. The second-order valence-electron chi connectivity index (χ2n) is 4.68. The Morgan fingerprint density at radius 2 is 0.688 bits per heavy atom. The first-order valence-electron chi connectivity index (χ1n) is 7.23. The molecule has 0 aliphatic carbocycles. The molecule has 0 saturated carbocycles. The van der Waals surface area contributed by atoms with E-state index < -0.39 is 0 Å². The second-order valence-corrected chi connectivity index (χ2v) is 4.68. The first-order valence-corrected chi connectivity index (χ1v) is 7.23. The van der Waals surface area contributed by atoms with Crippen molar-refractivity contribution in [2.75, 3.05) is 39.3 Å². The molecule has 0 amide bonds. The van der Waals surface area contributed by atoms with Crippen molar-refractivity contribution in [1.82, 2.24) is 9.80 Å². The lowest BCUT2D eigenvalue weighted by molar-refractivity contribution is 0.203. The summed E-state index contributed by atoms with van der Waals surface area (Å²) in [5, 5.41) is 0. The molecule has 0 aromatic rings. The van der Waals surface area contributed by atoms with Crippen molar-refractivity contribution in [2.24, 2.45) is 0 Å². The lowest BCUT2D eigenvalue weighted by atomic mass is 10.3. The molecular formula is C14H32N2. The maximum atomic E-state index is 2.61. The van der Waals surface area contributed by atoms with Crippen molar-refractivity contribution >= 4 is 0 Å². The third-order valence-corrected chi connectivity index (χ3v) is 2.89. The van der Waals surface area contributed by atoms with E-state index in [4.69, 9.17) is 0 Å². The Morgan fingerprint density at radius 3 is 0.875 bits per heavy atom. The van der Waals surface area contributed by atoms with Crippen LogP contribution in [0.3, 0.4) is 0 Å². The summed E-state index contributed by atoms with van der Waals surface area (Å²) < 4.78 is 0. The summed E-state index contributed by atoms with van der Waals surface area (Å²) in [6, 6.07) is 0. The van der Waals surface area contributed by atoms with Crippen molar-refractivity contribution in [3.8, 4) is 0 Å². The van der Waals surface area contributed by atoms with Crippen LogP contribution in [0.1, 0.15) is 53.4 Å². The van der Waals surface area contributed by atoms with Gasteiger partial charge < -0.3 is 9.80 Å². The highest BCUT2D eigenvalue weighted by atomic mass is 15.2. The van der Waals surface area contributed by atoms with Gasteiger partial charge in [-0.3, -0.25) is 0 Å². The Kier molecular flexibility index (Phi) is 11.3. The molecule has 0 rings (SSSR count). The van der Waals surface area contributed by atoms with E-state index in [1.165, 1.54) is 65.0 Å². The van der Waals surface area contributed by atoms with Crippen molar-refractivity contribution in [1.29, 1.82) is 0 Å². The SMILES string of the molecule is CCCN(CCC)CCN(CCC)CCC. The van der Waals surface area contributed by atoms with Gasteiger partial charge in [0.05, 0.1) is 0 Å². The van der Waals surface area contributed by atoms with Crippen LogP contribution in [0.25, 0.3) is 0 Å². The predicted octanol–water partition coefficient (Wildman–Crippen LogP) is 3.23. The average molecular weight is 228 g/mol. The Hall–Kier alpha value is -0.0800. The standard InChI is InChI=1S/C14H32N2/c1-5-9-15(10-6-2)13-14-16(11-7-3)12-8-4/h5-14H2,1-4H3. The third-order valence-electron chi connectivity index (χ3n) is 2.89. The molecule has 0 fully saturated rings. The Labute approximate surface area is 103 Å². The summed E-state index contributed by atoms with van der Waals surface area (Å²) in [5.74, 6) is 0. The zero-order valence-electron chi connectivity index (χ0n) is 12.0. The van der Waals surface area contributed by atoms with Gasteiger partial charge in [-0.1, -0.05) is 27.7 Å². The van der Waals surface area contributed by atoms with Gasteiger partial charge in [-0.25, -0.2) is 0 Å². The van der Waals surface area contributed by atoms with Gasteiger partial charge in [0.15, 0.2) is 0 Å². The molecule has 2 nitrogen and oxygen atoms in total. The van der Waals surface area contributed by atoms with Gasteiger partial charge in [0.2, 0.25) is 0 Å². The largest absolute Gasteiger partial charge is 0.302 e. The molecule has 0 aliphatic rings. The van der Waals surface area contributed by atoms with Gasteiger partial charge >= 0.3 is 0 Å². The van der Waals surface area contributed by atoms with E-state index in [9.17, 15) is 0 Å². The number of hydrogen-bond donors (Lipinski definition) is 0.